The average molecular weight is 419 g/mol. The Bertz CT molecular complexity index is 882. The summed E-state index contributed by atoms with van der Waals surface area (Å²) in [5.74, 6) is -0.365. The highest BCUT2D eigenvalue weighted by atomic mass is 35.5. The third-order valence-corrected chi connectivity index (χ3v) is 4.15. The second kappa shape index (κ2) is 11.2. The van der Waals surface area contributed by atoms with Crippen LogP contribution >= 0.6 is 24.0 Å². The van der Waals surface area contributed by atoms with Crippen molar-refractivity contribution < 1.29 is 9.63 Å². The van der Waals surface area contributed by atoms with Gasteiger partial charge in [0.05, 0.1) is 6.54 Å². The Balaban J connectivity index is 0.00000280. The predicted octanol–water partition coefficient (Wildman–Crippen LogP) is 4.32. The fourth-order valence-corrected chi connectivity index (χ4v) is 2.64. The highest BCUT2D eigenvalue weighted by Gasteiger charge is 2.09. The fraction of sp³-hybridized carbons (Fsp3) is 0.200. The van der Waals surface area contributed by atoms with Gasteiger partial charge in [0.15, 0.2) is 0 Å². The molecule has 3 rings (SSSR count). The predicted molar refractivity (Wildman–Crippen MR) is 111 cm³/mol. The minimum absolute atomic E-state index is 0. The first-order valence-corrected chi connectivity index (χ1v) is 8.97. The first kappa shape index (κ1) is 21.6. The average Bonchev–Trinajstić information content (AvgIpc) is 3.20. The van der Waals surface area contributed by atoms with Crippen molar-refractivity contribution in [3.8, 4) is 0 Å². The number of hydrogen-bond acceptors (Lipinski definition) is 5. The van der Waals surface area contributed by atoms with E-state index < -0.39 is 0 Å². The molecule has 0 saturated carbocycles. The summed E-state index contributed by atoms with van der Waals surface area (Å²) in [4.78, 5) is 21.1. The van der Waals surface area contributed by atoms with Crippen molar-refractivity contribution in [3.05, 3.63) is 83.4 Å². The summed E-state index contributed by atoms with van der Waals surface area (Å²) in [5.41, 5.74) is 2.56. The van der Waals surface area contributed by atoms with Gasteiger partial charge in [-0.15, -0.1) is 12.4 Å². The molecule has 3 aromatic rings. The number of carbonyl (C=O) groups is 1. The van der Waals surface area contributed by atoms with Crippen molar-refractivity contribution >= 4 is 35.7 Å². The lowest BCUT2D eigenvalue weighted by Gasteiger charge is -2.07. The van der Waals surface area contributed by atoms with Gasteiger partial charge in [0.1, 0.15) is 18.4 Å². The molecule has 6 nitrogen and oxygen atoms in total. The summed E-state index contributed by atoms with van der Waals surface area (Å²) in [6.07, 6.45) is 4.85. The van der Waals surface area contributed by atoms with E-state index in [0.717, 1.165) is 12.0 Å². The molecule has 8 heteroatoms. The van der Waals surface area contributed by atoms with Gasteiger partial charge in [-0.3, -0.25) is 0 Å². The Hall–Kier alpha value is -2.70. The van der Waals surface area contributed by atoms with Crippen LogP contribution in [0.3, 0.4) is 0 Å². The highest BCUT2D eigenvalue weighted by molar-refractivity contribution is 6.30. The normalized spacial score (nSPS) is 11.0. The van der Waals surface area contributed by atoms with Crippen LogP contribution in [-0.4, -0.2) is 26.4 Å². The molecule has 0 atom stereocenters. The van der Waals surface area contributed by atoms with E-state index in [1.54, 1.807) is 23.1 Å². The van der Waals surface area contributed by atoms with Crippen molar-refractivity contribution in [1.82, 2.24) is 14.8 Å². The fourth-order valence-electron chi connectivity index (χ4n) is 2.52. The van der Waals surface area contributed by atoms with Gasteiger partial charge in [0, 0.05) is 17.0 Å². The smallest absolute Gasteiger partial charge is 0.318 e. The van der Waals surface area contributed by atoms with Gasteiger partial charge >= 0.3 is 5.97 Å². The first-order chi connectivity index (χ1) is 13.2. The van der Waals surface area contributed by atoms with E-state index in [9.17, 15) is 4.79 Å². The molecule has 146 valence electrons. The molecule has 1 aromatic heterocycles. The van der Waals surface area contributed by atoms with E-state index in [0.29, 0.717) is 30.1 Å². The van der Waals surface area contributed by atoms with E-state index in [-0.39, 0.29) is 18.4 Å². The van der Waals surface area contributed by atoms with Crippen LogP contribution in [0.1, 0.15) is 24.0 Å². The Morgan fingerprint density at radius 3 is 2.54 bits per heavy atom. The SMILES string of the molecule is Cl.O=C(CCCc1ccccc1)ON=C(Cn1cncn1)c1ccc(Cl)cc1. The number of carbonyl (C=O) groups excluding carboxylic acids is 1. The van der Waals surface area contributed by atoms with Gasteiger partial charge in [-0.2, -0.15) is 5.10 Å². The third kappa shape index (κ3) is 6.79. The molecule has 28 heavy (non-hydrogen) atoms. The van der Waals surface area contributed by atoms with Crippen LogP contribution in [0, 0.1) is 0 Å². The lowest BCUT2D eigenvalue weighted by molar-refractivity contribution is -0.143. The number of nitrogens with zero attached hydrogens (tertiary/aromatic N) is 4. The zero-order valence-electron chi connectivity index (χ0n) is 15.1. The minimum Gasteiger partial charge on any atom is -0.318 e. The van der Waals surface area contributed by atoms with Gasteiger partial charge in [0.2, 0.25) is 0 Å². The molecule has 0 amide bonds. The Labute approximate surface area is 174 Å². The second-order valence-corrected chi connectivity index (χ2v) is 6.38. The van der Waals surface area contributed by atoms with E-state index in [1.165, 1.54) is 11.9 Å². The quantitative estimate of drug-likeness (QED) is 0.310. The van der Waals surface area contributed by atoms with Crippen LogP contribution in [0.25, 0.3) is 0 Å². The molecule has 0 saturated heterocycles. The van der Waals surface area contributed by atoms with Gasteiger partial charge < -0.3 is 4.84 Å². The maximum Gasteiger partial charge on any atom is 0.335 e. The molecule has 0 bridgehead atoms. The summed E-state index contributed by atoms with van der Waals surface area (Å²) in [5, 5.41) is 8.75. The maximum atomic E-state index is 12.0. The summed E-state index contributed by atoms with van der Waals surface area (Å²) in [6.45, 7) is 0.332. The Morgan fingerprint density at radius 1 is 1.11 bits per heavy atom. The zero-order chi connectivity index (χ0) is 18.9. The third-order valence-electron chi connectivity index (χ3n) is 3.90. The van der Waals surface area contributed by atoms with E-state index >= 15 is 0 Å². The van der Waals surface area contributed by atoms with Crippen molar-refractivity contribution in [1.29, 1.82) is 0 Å². The lowest BCUT2D eigenvalue weighted by atomic mass is 10.1. The maximum absolute atomic E-state index is 12.0. The molecule has 0 unspecified atom stereocenters. The molecule has 0 radical (unpaired) electrons. The summed E-state index contributed by atoms with van der Waals surface area (Å²) >= 11 is 5.94. The molecular formula is C20H20Cl2N4O2. The minimum atomic E-state index is -0.365. The number of aryl methyl sites for hydroxylation is 1. The highest BCUT2D eigenvalue weighted by Crippen LogP contribution is 2.12. The van der Waals surface area contributed by atoms with Crippen molar-refractivity contribution in [2.45, 2.75) is 25.8 Å². The molecule has 0 N–H and O–H groups in total. The number of hydrogen-bond donors (Lipinski definition) is 0. The topological polar surface area (TPSA) is 69.4 Å². The van der Waals surface area contributed by atoms with Crippen LogP contribution in [0.15, 0.2) is 72.4 Å². The zero-order valence-corrected chi connectivity index (χ0v) is 16.6. The number of rotatable bonds is 8. The Kier molecular flexibility index (Phi) is 8.65. The van der Waals surface area contributed by atoms with Crippen molar-refractivity contribution in [2.75, 3.05) is 0 Å². The molecule has 0 spiro atoms. The van der Waals surface area contributed by atoms with Crippen molar-refractivity contribution in [2.24, 2.45) is 5.16 Å². The number of aromatic nitrogens is 3. The van der Waals surface area contributed by atoms with Gasteiger partial charge in [-0.1, -0.05) is 59.2 Å². The van der Waals surface area contributed by atoms with Crippen LogP contribution in [0.4, 0.5) is 0 Å². The number of halogens is 2. The van der Waals surface area contributed by atoms with Crippen LogP contribution in [-0.2, 0) is 22.6 Å². The van der Waals surface area contributed by atoms with Crippen LogP contribution in [0.2, 0.25) is 5.02 Å². The molecular weight excluding hydrogens is 399 g/mol. The van der Waals surface area contributed by atoms with Crippen LogP contribution in [0.5, 0.6) is 0 Å². The summed E-state index contributed by atoms with van der Waals surface area (Å²) in [7, 11) is 0. The Morgan fingerprint density at radius 2 is 1.86 bits per heavy atom. The lowest BCUT2D eigenvalue weighted by Crippen LogP contribution is -2.14. The largest absolute Gasteiger partial charge is 0.335 e. The number of oxime groups is 1. The van der Waals surface area contributed by atoms with Crippen LogP contribution < -0.4 is 0 Å². The molecule has 0 aliphatic rings. The molecule has 0 aliphatic heterocycles. The molecule has 0 aliphatic carbocycles. The van der Waals surface area contributed by atoms with E-state index in [4.69, 9.17) is 16.4 Å². The van der Waals surface area contributed by atoms with Crippen molar-refractivity contribution in [3.63, 3.8) is 0 Å². The summed E-state index contributed by atoms with van der Waals surface area (Å²) < 4.78 is 1.61. The first-order valence-electron chi connectivity index (χ1n) is 8.60. The number of benzene rings is 2. The van der Waals surface area contributed by atoms with Gasteiger partial charge in [-0.25, -0.2) is 14.5 Å². The monoisotopic (exact) mass is 418 g/mol. The standard InChI is InChI=1S/C20H19ClN4O2.ClH/c21-18-11-9-17(10-12-18)19(13-25-15-22-14-23-25)24-27-20(26)8-4-7-16-5-2-1-3-6-16;/h1-3,5-6,9-12,14-15H,4,7-8,13H2;1H. The molecule has 2 aromatic carbocycles. The van der Waals surface area contributed by atoms with E-state index in [1.807, 2.05) is 42.5 Å². The molecule has 0 fully saturated rings. The van der Waals surface area contributed by atoms with Gasteiger partial charge in [0.25, 0.3) is 0 Å². The second-order valence-electron chi connectivity index (χ2n) is 5.94. The molecule has 1 heterocycles. The van der Waals surface area contributed by atoms with Gasteiger partial charge in [-0.05, 0) is 30.5 Å². The van der Waals surface area contributed by atoms with E-state index in [2.05, 4.69) is 15.2 Å². The summed E-state index contributed by atoms with van der Waals surface area (Å²) in [6, 6.07) is 17.2.